The molecule has 0 radical (unpaired) electrons. The Hall–Kier alpha value is -4.09. The Kier molecular flexibility index (Phi) is 5.55. The highest BCUT2D eigenvalue weighted by atomic mass is 35.5. The second kappa shape index (κ2) is 8.81. The first-order valence-corrected chi connectivity index (χ1v) is 10.8. The highest BCUT2D eigenvalue weighted by Crippen LogP contribution is 2.33. The SMILES string of the molecule is O=C(Cn1c2ccccc2c(=O)c2ccccc21)Nc1ccccc1Oc1ccccc1Cl. The normalized spacial score (nSPS) is 10.9. The smallest absolute Gasteiger partial charge is 0.244 e. The lowest BCUT2D eigenvalue weighted by Crippen LogP contribution is -2.21. The van der Waals surface area contributed by atoms with Crippen LogP contribution in [0.4, 0.5) is 5.69 Å². The van der Waals surface area contributed by atoms with Crippen molar-refractivity contribution in [1.82, 2.24) is 4.57 Å². The van der Waals surface area contributed by atoms with E-state index in [1.807, 2.05) is 65.2 Å². The van der Waals surface area contributed by atoms with E-state index in [-0.39, 0.29) is 17.9 Å². The average molecular weight is 455 g/mol. The molecular weight excluding hydrogens is 436 g/mol. The van der Waals surface area contributed by atoms with Crippen molar-refractivity contribution in [2.24, 2.45) is 0 Å². The highest BCUT2D eigenvalue weighted by molar-refractivity contribution is 6.32. The van der Waals surface area contributed by atoms with Gasteiger partial charge in [-0.3, -0.25) is 9.59 Å². The van der Waals surface area contributed by atoms with Gasteiger partial charge in [0.1, 0.15) is 12.3 Å². The van der Waals surface area contributed by atoms with E-state index in [0.29, 0.717) is 44.0 Å². The number of rotatable bonds is 5. The monoisotopic (exact) mass is 454 g/mol. The first-order valence-electron chi connectivity index (χ1n) is 10.4. The third-order valence-electron chi connectivity index (χ3n) is 5.40. The molecule has 1 aromatic heterocycles. The van der Waals surface area contributed by atoms with Crippen LogP contribution < -0.4 is 15.5 Å². The number of fused-ring (bicyclic) bond motifs is 2. The maximum Gasteiger partial charge on any atom is 0.244 e. The Balaban J connectivity index is 1.49. The van der Waals surface area contributed by atoms with Gasteiger partial charge in [-0.2, -0.15) is 0 Å². The van der Waals surface area contributed by atoms with Crippen molar-refractivity contribution >= 4 is 45.0 Å². The number of hydrogen-bond donors (Lipinski definition) is 1. The molecule has 0 unspecified atom stereocenters. The summed E-state index contributed by atoms with van der Waals surface area (Å²) in [4.78, 5) is 26.1. The number of nitrogens with one attached hydrogen (secondary N) is 1. The first kappa shape index (κ1) is 20.8. The molecule has 33 heavy (non-hydrogen) atoms. The number of nitrogens with zero attached hydrogens (tertiary/aromatic N) is 1. The fraction of sp³-hybridized carbons (Fsp3) is 0.0370. The molecule has 5 aromatic rings. The van der Waals surface area contributed by atoms with Crippen molar-refractivity contribution in [3.63, 3.8) is 0 Å². The van der Waals surface area contributed by atoms with E-state index in [4.69, 9.17) is 16.3 Å². The van der Waals surface area contributed by atoms with Crippen molar-refractivity contribution < 1.29 is 9.53 Å². The zero-order valence-corrected chi connectivity index (χ0v) is 18.3. The van der Waals surface area contributed by atoms with Crippen LogP contribution >= 0.6 is 11.6 Å². The Labute approximate surface area is 194 Å². The second-order valence-corrected chi connectivity index (χ2v) is 7.93. The summed E-state index contributed by atoms with van der Waals surface area (Å²) in [7, 11) is 0. The summed E-state index contributed by atoms with van der Waals surface area (Å²) in [6.07, 6.45) is 0. The molecule has 0 fully saturated rings. The molecule has 0 bridgehead atoms. The molecule has 5 nitrogen and oxygen atoms in total. The minimum Gasteiger partial charge on any atom is -0.454 e. The number of para-hydroxylation sites is 5. The predicted octanol–water partition coefficient (Wildman–Crippen LogP) is 6.24. The van der Waals surface area contributed by atoms with E-state index < -0.39 is 0 Å². The molecule has 0 saturated carbocycles. The molecule has 0 aliphatic rings. The topological polar surface area (TPSA) is 60.3 Å². The molecule has 5 rings (SSSR count). The van der Waals surface area contributed by atoms with Gasteiger partial charge < -0.3 is 14.6 Å². The standard InChI is InChI=1S/C27H19ClN2O3/c28-20-11-3-7-15-24(20)33-25-16-8-4-12-21(25)29-26(31)17-30-22-13-5-1-9-18(22)27(32)19-10-2-6-14-23(19)30/h1-16H,17H2,(H,29,31). The maximum absolute atomic E-state index is 13.1. The molecule has 1 amide bonds. The Bertz CT molecular complexity index is 1500. The summed E-state index contributed by atoms with van der Waals surface area (Å²) in [6.45, 7) is 0.0295. The molecular formula is C27H19ClN2O3. The van der Waals surface area contributed by atoms with Gasteiger partial charge in [-0.05, 0) is 48.5 Å². The molecule has 162 valence electrons. The van der Waals surface area contributed by atoms with Gasteiger partial charge in [0, 0.05) is 10.8 Å². The maximum atomic E-state index is 13.1. The summed E-state index contributed by atoms with van der Waals surface area (Å²) in [6, 6.07) is 29.0. The summed E-state index contributed by atoms with van der Waals surface area (Å²) in [5, 5.41) is 4.56. The zero-order valence-electron chi connectivity index (χ0n) is 17.5. The van der Waals surface area contributed by atoms with E-state index in [9.17, 15) is 9.59 Å². The number of carbonyl (C=O) groups is 1. The molecule has 0 atom stereocenters. The Morgan fingerprint density at radius 2 is 1.30 bits per heavy atom. The van der Waals surface area contributed by atoms with Crippen molar-refractivity contribution in [3.8, 4) is 11.5 Å². The van der Waals surface area contributed by atoms with Crippen LogP contribution in [-0.2, 0) is 11.3 Å². The minimum absolute atomic E-state index is 0.0295. The number of aromatic nitrogens is 1. The third-order valence-corrected chi connectivity index (χ3v) is 5.71. The third kappa shape index (κ3) is 4.06. The Morgan fingerprint density at radius 3 is 1.97 bits per heavy atom. The number of ether oxygens (including phenoxy) is 1. The van der Waals surface area contributed by atoms with Crippen LogP contribution in [0.15, 0.2) is 102 Å². The minimum atomic E-state index is -0.246. The Morgan fingerprint density at radius 1 is 0.758 bits per heavy atom. The lowest BCUT2D eigenvalue weighted by Gasteiger charge is -2.16. The van der Waals surface area contributed by atoms with Gasteiger partial charge in [0.2, 0.25) is 5.91 Å². The van der Waals surface area contributed by atoms with Crippen LogP contribution in [-0.4, -0.2) is 10.5 Å². The molecule has 0 spiro atoms. The van der Waals surface area contributed by atoms with Gasteiger partial charge in [0.15, 0.2) is 11.2 Å². The van der Waals surface area contributed by atoms with Gasteiger partial charge in [0.05, 0.1) is 21.7 Å². The number of carbonyl (C=O) groups excluding carboxylic acids is 1. The van der Waals surface area contributed by atoms with E-state index in [2.05, 4.69) is 5.32 Å². The number of benzene rings is 4. The van der Waals surface area contributed by atoms with Crippen LogP contribution in [0.3, 0.4) is 0 Å². The van der Waals surface area contributed by atoms with Crippen LogP contribution in [0.1, 0.15) is 0 Å². The van der Waals surface area contributed by atoms with Crippen molar-refractivity contribution in [2.45, 2.75) is 6.54 Å². The summed E-state index contributed by atoms with van der Waals surface area (Å²) >= 11 is 6.22. The lowest BCUT2D eigenvalue weighted by molar-refractivity contribution is -0.116. The fourth-order valence-corrected chi connectivity index (χ4v) is 4.06. The molecule has 0 saturated heterocycles. The number of halogens is 1. The van der Waals surface area contributed by atoms with Gasteiger partial charge in [0.25, 0.3) is 0 Å². The number of anilines is 1. The second-order valence-electron chi connectivity index (χ2n) is 7.53. The van der Waals surface area contributed by atoms with Gasteiger partial charge in [-0.15, -0.1) is 0 Å². The van der Waals surface area contributed by atoms with E-state index >= 15 is 0 Å². The number of hydrogen-bond acceptors (Lipinski definition) is 3. The molecule has 6 heteroatoms. The summed E-state index contributed by atoms with van der Waals surface area (Å²) in [5.74, 6) is 0.732. The highest BCUT2D eigenvalue weighted by Gasteiger charge is 2.15. The molecule has 0 aliphatic heterocycles. The molecule has 1 heterocycles. The zero-order chi connectivity index (χ0) is 22.8. The average Bonchev–Trinajstić information content (AvgIpc) is 2.84. The molecule has 4 aromatic carbocycles. The van der Waals surface area contributed by atoms with Gasteiger partial charge >= 0.3 is 0 Å². The number of amides is 1. The fourth-order valence-electron chi connectivity index (χ4n) is 3.89. The van der Waals surface area contributed by atoms with E-state index in [0.717, 1.165) is 0 Å². The summed E-state index contributed by atoms with van der Waals surface area (Å²) < 4.78 is 7.81. The van der Waals surface area contributed by atoms with Gasteiger partial charge in [-0.25, -0.2) is 0 Å². The number of pyridine rings is 1. The van der Waals surface area contributed by atoms with Crippen molar-refractivity contribution in [1.29, 1.82) is 0 Å². The van der Waals surface area contributed by atoms with Crippen LogP contribution in [0.25, 0.3) is 21.8 Å². The van der Waals surface area contributed by atoms with E-state index in [1.165, 1.54) is 0 Å². The summed E-state index contributed by atoms with van der Waals surface area (Å²) in [5.41, 5.74) is 1.89. The van der Waals surface area contributed by atoms with Crippen molar-refractivity contribution in [2.75, 3.05) is 5.32 Å². The van der Waals surface area contributed by atoms with Crippen LogP contribution in [0.2, 0.25) is 5.02 Å². The van der Waals surface area contributed by atoms with Crippen molar-refractivity contribution in [3.05, 3.63) is 112 Å². The lowest BCUT2D eigenvalue weighted by atomic mass is 10.1. The van der Waals surface area contributed by atoms with Gasteiger partial charge in [-0.1, -0.05) is 60.1 Å². The first-order chi connectivity index (χ1) is 16.1. The largest absolute Gasteiger partial charge is 0.454 e. The molecule has 1 N–H and O–H groups in total. The quantitative estimate of drug-likeness (QED) is 0.320. The van der Waals surface area contributed by atoms with Crippen LogP contribution in [0.5, 0.6) is 11.5 Å². The van der Waals surface area contributed by atoms with E-state index in [1.54, 1.807) is 36.4 Å². The van der Waals surface area contributed by atoms with Crippen LogP contribution in [0, 0.1) is 0 Å². The molecule has 0 aliphatic carbocycles. The predicted molar refractivity (Wildman–Crippen MR) is 132 cm³/mol.